The normalized spacial score (nSPS) is 17.5. The Balaban J connectivity index is 2.27. The van der Waals surface area contributed by atoms with Crippen molar-refractivity contribution in [3.8, 4) is 0 Å². The SMILES string of the molecule is O=C(NC1(C(=O)O)CCCCC1)c1c(F)cccc1F. The number of amides is 1. The van der Waals surface area contributed by atoms with Crippen LogP contribution in [0.25, 0.3) is 0 Å². The summed E-state index contributed by atoms with van der Waals surface area (Å²) in [5.41, 5.74) is -2.16. The molecule has 2 N–H and O–H groups in total. The van der Waals surface area contributed by atoms with Crippen LogP contribution in [0.5, 0.6) is 0 Å². The van der Waals surface area contributed by atoms with Crippen molar-refractivity contribution in [2.24, 2.45) is 0 Å². The van der Waals surface area contributed by atoms with Gasteiger partial charge in [-0.05, 0) is 25.0 Å². The van der Waals surface area contributed by atoms with Gasteiger partial charge in [0.25, 0.3) is 5.91 Å². The molecule has 1 aliphatic carbocycles. The van der Waals surface area contributed by atoms with Crippen molar-refractivity contribution < 1.29 is 23.5 Å². The van der Waals surface area contributed by atoms with E-state index in [2.05, 4.69) is 5.32 Å². The van der Waals surface area contributed by atoms with Gasteiger partial charge in [-0.15, -0.1) is 0 Å². The second kappa shape index (κ2) is 5.56. The lowest BCUT2D eigenvalue weighted by atomic mass is 9.81. The molecule has 0 radical (unpaired) electrons. The quantitative estimate of drug-likeness (QED) is 0.895. The lowest BCUT2D eigenvalue weighted by Crippen LogP contribution is -2.55. The summed E-state index contributed by atoms with van der Waals surface area (Å²) >= 11 is 0. The van der Waals surface area contributed by atoms with E-state index in [1.807, 2.05) is 0 Å². The van der Waals surface area contributed by atoms with Crippen LogP contribution in [0.15, 0.2) is 18.2 Å². The third-order valence-corrected chi connectivity index (χ3v) is 3.66. The molecule has 0 aliphatic heterocycles. The number of hydrogen-bond donors (Lipinski definition) is 2. The number of benzene rings is 1. The summed E-state index contributed by atoms with van der Waals surface area (Å²) in [5.74, 6) is -4.19. The first-order chi connectivity index (χ1) is 9.46. The number of aliphatic carboxylic acids is 1. The Morgan fingerprint density at radius 3 is 2.15 bits per heavy atom. The van der Waals surface area contributed by atoms with Crippen LogP contribution in [-0.2, 0) is 4.79 Å². The molecule has 0 heterocycles. The predicted molar refractivity (Wildman–Crippen MR) is 67.3 cm³/mol. The van der Waals surface area contributed by atoms with Crippen LogP contribution in [-0.4, -0.2) is 22.5 Å². The summed E-state index contributed by atoms with van der Waals surface area (Å²) in [7, 11) is 0. The van der Waals surface area contributed by atoms with Crippen LogP contribution in [0.1, 0.15) is 42.5 Å². The third kappa shape index (κ3) is 2.64. The minimum Gasteiger partial charge on any atom is -0.480 e. The molecule has 0 atom stereocenters. The number of hydrogen-bond acceptors (Lipinski definition) is 2. The summed E-state index contributed by atoms with van der Waals surface area (Å²) in [6, 6.07) is 3.08. The van der Waals surface area contributed by atoms with Crippen LogP contribution in [0, 0.1) is 11.6 Å². The fourth-order valence-electron chi connectivity index (χ4n) is 2.54. The molecule has 1 aromatic rings. The average Bonchev–Trinajstić information content (AvgIpc) is 2.39. The van der Waals surface area contributed by atoms with Gasteiger partial charge in [0, 0.05) is 0 Å². The summed E-state index contributed by atoms with van der Waals surface area (Å²) in [6.07, 6.45) is 2.74. The second-order valence-electron chi connectivity index (χ2n) is 5.00. The zero-order valence-electron chi connectivity index (χ0n) is 10.8. The first-order valence-corrected chi connectivity index (χ1v) is 6.46. The molecule has 0 spiro atoms. The fourth-order valence-corrected chi connectivity index (χ4v) is 2.54. The largest absolute Gasteiger partial charge is 0.480 e. The van der Waals surface area contributed by atoms with Gasteiger partial charge in [-0.3, -0.25) is 4.79 Å². The summed E-state index contributed by atoms with van der Waals surface area (Å²) in [6.45, 7) is 0. The molecular formula is C14H15F2NO3. The molecule has 0 bridgehead atoms. The van der Waals surface area contributed by atoms with Crippen molar-refractivity contribution in [3.63, 3.8) is 0 Å². The van der Waals surface area contributed by atoms with E-state index < -0.39 is 34.6 Å². The molecule has 1 fully saturated rings. The monoisotopic (exact) mass is 283 g/mol. The first kappa shape index (κ1) is 14.4. The van der Waals surface area contributed by atoms with Gasteiger partial charge in [-0.1, -0.05) is 25.3 Å². The van der Waals surface area contributed by atoms with Crippen LogP contribution in [0.4, 0.5) is 8.78 Å². The maximum atomic E-state index is 13.5. The molecule has 108 valence electrons. The Bertz CT molecular complexity index is 519. The Hall–Kier alpha value is -1.98. The smallest absolute Gasteiger partial charge is 0.329 e. The molecule has 1 aromatic carbocycles. The van der Waals surface area contributed by atoms with E-state index in [-0.39, 0.29) is 12.8 Å². The van der Waals surface area contributed by atoms with Crippen LogP contribution in [0.2, 0.25) is 0 Å². The Kier molecular flexibility index (Phi) is 4.01. The number of carbonyl (C=O) groups excluding carboxylic acids is 1. The van der Waals surface area contributed by atoms with E-state index in [0.29, 0.717) is 12.8 Å². The zero-order valence-corrected chi connectivity index (χ0v) is 10.8. The van der Waals surface area contributed by atoms with E-state index in [1.54, 1.807) is 0 Å². The van der Waals surface area contributed by atoms with Gasteiger partial charge in [0.1, 0.15) is 22.7 Å². The lowest BCUT2D eigenvalue weighted by Gasteiger charge is -2.34. The van der Waals surface area contributed by atoms with Crippen molar-refractivity contribution in [3.05, 3.63) is 35.4 Å². The minimum atomic E-state index is -1.43. The molecule has 2 rings (SSSR count). The van der Waals surface area contributed by atoms with E-state index >= 15 is 0 Å². The molecule has 1 amide bonds. The number of nitrogens with one attached hydrogen (secondary N) is 1. The molecule has 4 nitrogen and oxygen atoms in total. The fraction of sp³-hybridized carbons (Fsp3) is 0.429. The summed E-state index contributed by atoms with van der Waals surface area (Å²) in [5, 5.41) is 11.6. The predicted octanol–water partition coefficient (Wildman–Crippen LogP) is 2.48. The molecule has 20 heavy (non-hydrogen) atoms. The second-order valence-corrected chi connectivity index (χ2v) is 5.00. The minimum absolute atomic E-state index is 0.268. The maximum Gasteiger partial charge on any atom is 0.329 e. The first-order valence-electron chi connectivity index (χ1n) is 6.46. The Morgan fingerprint density at radius 2 is 1.65 bits per heavy atom. The topological polar surface area (TPSA) is 66.4 Å². The highest BCUT2D eigenvalue weighted by atomic mass is 19.1. The Morgan fingerprint density at radius 1 is 1.10 bits per heavy atom. The van der Waals surface area contributed by atoms with Gasteiger partial charge in [0.15, 0.2) is 0 Å². The van der Waals surface area contributed by atoms with Gasteiger partial charge in [-0.25, -0.2) is 13.6 Å². The highest BCUT2D eigenvalue weighted by Crippen LogP contribution is 2.29. The number of halogens is 2. The van der Waals surface area contributed by atoms with Gasteiger partial charge in [0.2, 0.25) is 0 Å². The molecule has 1 saturated carbocycles. The number of carboxylic acid groups (broad SMARTS) is 1. The van der Waals surface area contributed by atoms with Crippen LogP contribution in [0.3, 0.4) is 0 Å². The molecular weight excluding hydrogens is 268 g/mol. The number of carbonyl (C=O) groups is 2. The van der Waals surface area contributed by atoms with Crippen molar-refractivity contribution in [2.45, 2.75) is 37.6 Å². The molecule has 1 aliphatic rings. The van der Waals surface area contributed by atoms with Crippen molar-refractivity contribution in [2.75, 3.05) is 0 Å². The van der Waals surface area contributed by atoms with Gasteiger partial charge >= 0.3 is 5.97 Å². The maximum absolute atomic E-state index is 13.5. The van der Waals surface area contributed by atoms with Gasteiger partial charge in [0.05, 0.1) is 0 Å². The van der Waals surface area contributed by atoms with E-state index in [4.69, 9.17) is 0 Å². The number of carboxylic acids is 1. The standard InChI is InChI=1S/C14H15F2NO3/c15-9-5-4-6-10(16)11(9)12(18)17-14(13(19)20)7-2-1-3-8-14/h4-6H,1-3,7-8H2,(H,17,18)(H,19,20). The van der Waals surface area contributed by atoms with E-state index in [1.165, 1.54) is 0 Å². The van der Waals surface area contributed by atoms with Crippen molar-refractivity contribution in [1.82, 2.24) is 5.32 Å². The third-order valence-electron chi connectivity index (χ3n) is 3.66. The number of rotatable bonds is 3. The zero-order chi connectivity index (χ0) is 14.8. The van der Waals surface area contributed by atoms with E-state index in [0.717, 1.165) is 24.6 Å². The summed E-state index contributed by atoms with van der Waals surface area (Å²) in [4.78, 5) is 23.4. The summed E-state index contributed by atoms with van der Waals surface area (Å²) < 4.78 is 27.1. The van der Waals surface area contributed by atoms with Gasteiger partial charge in [-0.2, -0.15) is 0 Å². The molecule has 0 unspecified atom stereocenters. The molecule has 6 heteroatoms. The van der Waals surface area contributed by atoms with E-state index in [9.17, 15) is 23.5 Å². The lowest BCUT2D eigenvalue weighted by molar-refractivity contribution is -0.145. The highest BCUT2D eigenvalue weighted by molar-refractivity contribution is 5.98. The van der Waals surface area contributed by atoms with Crippen molar-refractivity contribution >= 4 is 11.9 Å². The van der Waals surface area contributed by atoms with Crippen LogP contribution < -0.4 is 5.32 Å². The molecule has 0 saturated heterocycles. The Labute approximate surface area is 114 Å². The van der Waals surface area contributed by atoms with Gasteiger partial charge < -0.3 is 10.4 Å². The highest BCUT2D eigenvalue weighted by Gasteiger charge is 2.41. The average molecular weight is 283 g/mol. The van der Waals surface area contributed by atoms with Crippen molar-refractivity contribution in [1.29, 1.82) is 0 Å². The molecule has 0 aromatic heterocycles. The van der Waals surface area contributed by atoms with Crippen LogP contribution >= 0.6 is 0 Å².